The molecule has 3 rings (SSSR count). The summed E-state index contributed by atoms with van der Waals surface area (Å²) in [6, 6.07) is 0.415. The number of hydrogen-bond acceptors (Lipinski definition) is 3. The Labute approximate surface area is 125 Å². The molecule has 0 aromatic carbocycles. The molecule has 110 valence electrons. The Kier molecular flexibility index (Phi) is 4.13. The molecule has 0 N–H and O–H groups in total. The van der Waals surface area contributed by atoms with E-state index in [1.54, 1.807) is 6.20 Å². The van der Waals surface area contributed by atoms with Crippen molar-refractivity contribution in [2.45, 2.75) is 51.1 Å². The van der Waals surface area contributed by atoms with Crippen molar-refractivity contribution in [1.82, 2.24) is 14.5 Å². The van der Waals surface area contributed by atoms with Crippen molar-refractivity contribution in [2.75, 3.05) is 6.54 Å². The van der Waals surface area contributed by atoms with E-state index in [0.29, 0.717) is 17.0 Å². The van der Waals surface area contributed by atoms with Gasteiger partial charge in [-0.05, 0) is 32.2 Å². The first-order valence-corrected chi connectivity index (χ1v) is 7.97. The van der Waals surface area contributed by atoms with Crippen LogP contribution in [0.15, 0.2) is 6.20 Å². The van der Waals surface area contributed by atoms with E-state index in [2.05, 4.69) is 9.88 Å². The maximum Gasteiger partial charge on any atom is 0.137 e. The van der Waals surface area contributed by atoms with Crippen LogP contribution >= 0.6 is 11.6 Å². The average Bonchev–Trinajstić information content (AvgIpc) is 3.02. The highest BCUT2D eigenvalue weighted by Crippen LogP contribution is 2.33. The topological polar surface area (TPSA) is 38.1 Å². The molecule has 1 saturated carbocycles. The van der Waals surface area contributed by atoms with E-state index >= 15 is 0 Å². The second kappa shape index (κ2) is 5.86. The van der Waals surface area contributed by atoms with Crippen LogP contribution in [0.3, 0.4) is 0 Å². The lowest BCUT2D eigenvalue weighted by Crippen LogP contribution is -2.40. The van der Waals surface area contributed by atoms with Gasteiger partial charge in [0.15, 0.2) is 0 Å². The first kappa shape index (κ1) is 14.1. The van der Waals surface area contributed by atoms with Gasteiger partial charge in [-0.25, -0.2) is 4.98 Å². The van der Waals surface area contributed by atoms with Crippen LogP contribution < -0.4 is 0 Å². The highest BCUT2D eigenvalue weighted by molar-refractivity contribution is 6.29. The van der Waals surface area contributed by atoms with Crippen LogP contribution in [0.4, 0.5) is 0 Å². The number of carbonyl (C=O) groups excluding carboxylic acids is 1. The van der Waals surface area contributed by atoms with E-state index in [0.717, 1.165) is 44.6 Å². The Bertz CT molecular complexity index is 499. The van der Waals surface area contributed by atoms with Crippen LogP contribution in [-0.2, 0) is 18.4 Å². The number of Topliss-reactive ketones (excluding diaryl/α,β-unsaturated/α-hetero) is 1. The highest BCUT2D eigenvalue weighted by atomic mass is 35.5. The Morgan fingerprint density at radius 3 is 2.90 bits per heavy atom. The molecular weight excluding hydrogens is 274 g/mol. The molecule has 1 aromatic rings. The largest absolute Gasteiger partial charge is 0.321 e. The van der Waals surface area contributed by atoms with Gasteiger partial charge >= 0.3 is 0 Å². The van der Waals surface area contributed by atoms with Gasteiger partial charge in [-0.1, -0.05) is 18.0 Å². The molecule has 2 fully saturated rings. The predicted octanol–water partition coefficient (Wildman–Crippen LogP) is 2.80. The van der Waals surface area contributed by atoms with Crippen LogP contribution in [0, 0.1) is 5.92 Å². The molecular formula is C15H22ClN3O. The van der Waals surface area contributed by atoms with Gasteiger partial charge in [-0.15, -0.1) is 0 Å². The van der Waals surface area contributed by atoms with Crippen molar-refractivity contribution in [1.29, 1.82) is 0 Å². The molecule has 2 heterocycles. The number of imidazole rings is 1. The number of carbonyl (C=O) groups is 1. The molecule has 1 aliphatic heterocycles. The molecule has 1 saturated heterocycles. The van der Waals surface area contributed by atoms with Crippen molar-refractivity contribution in [3.63, 3.8) is 0 Å². The second-order valence-electron chi connectivity index (χ2n) is 6.05. The Morgan fingerprint density at radius 1 is 1.35 bits per heavy atom. The van der Waals surface area contributed by atoms with Crippen LogP contribution in [0.2, 0.25) is 5.15 Å². The summed E-state index contributed by atoms with van der Waals surface area (Å²) in [7, 11) is 1.95. The lowest BCUT2D eigenvalue weighted by atomic mass is 9.82. The predicted molar refractivity (Wildman–Crippen MR) is 78.6 cm³/mol. The number of likely N-dealkylation sites (tertiary alicyclic amines) is 1. The summed E-state index contributed by atoms with van der Waals surface area (Å²) in [5.41, 5.74) is 0. The van der Waals surface area contributed by atoms with Crippen LogP contribution in [0.5, 0.6) is 0 Å². The van der Waals surface area contributed by atoms with E-state index in [9.17, 15) is 4.79 Å². The summed E-state index contributed by atoms with van der Waals surface area (Å²) in [5.74, 6) is 1.72. The molecule has 4 nitrogen and oxygen atoms in total. The van der Waals surface area contributed by atoms with Crippen LogP contribution in [0.25, 0.3) is 0 Å². The molecule has 20 heavy (non-hydrogen) atoms. The molecule has 2 aliphatic rings. The summed E-state index contributed by atoms with van der Waals surface area (Å²) in [4.78, 5) is 19.0. The third kappa shape index (κ3) is 2.63. The minimum absolute atomic E-state index is 0.252. The van der Waals surface area contributed by atoms with Crippen molar-refractivity contribution < 1.29 is 4.79 Å². The van der Waals surface area contributed by atoms with Gasteiger partial charge in [-0.3, -0.25) is 9.69 Å². The lowest BCUT2D eigenvalue weighted by molar-refractivity contribution is -0.126. The molecule has 2 atom stereocenters. The number of halogens is 1. The lowest BCUT2D eigenvalue weighted by Gasteiger charge is -2.32. The van der Waals surface area contributed by atoms with Gasteiger partial charge in [0.05, 0.1) is 12.7 Å². The molecule has 0 bridgehead atoms. The first-order valence-electron chi connectivity index (χ1n) is 7.59. The summed E-state index contributed by atoms with van der Waals surface area (Å²) in [6.07, 6.45) is 8.17. The third-order valence-corrected chi connectivity index (χ3v) is 5.20. The number of nitrogens with zero attached hydrogens (tertiary/aromatic N) is 3. The zero-order valence-electron chi connectivity index (χ0n) is 12.0. The monoisotopic (exact) mass is 295 g/mol. The minimum atomic E-state index is 0.252. The van der Waals surface area contributed by atoms with Gasteiger partial charge in [0.1, 0.15) is 16.8 Å². The van der Waals surface area contributed by atoms with E-state index in [1.807, 2.05) is 11.6 Å². The minimum Gasteiger partial charge on any atom is -0.321 e. The molecule has 5 heteroatoms. The normalized spacial score (nSPS) is 28.2. The quantitative estimate of drug-likeness (QED) is 0.860. The van der Waals surface area contributed by atoms with Crippen LogP contribution in [0.1, 0.15) is 44.3 Å². The summed E-state index contributed by atoms with van der Waals surface area (Å²) < 4.78 is 1.93. The van der Waals surface area contributed by atoms with Gasteiger partial charge in [0, 0.05) is 25.4 Å². The maximum atomic E-state index is 12.2. The number of ketones is 1. The molecule has 1 aliphatic carbocycles. The second-order valence-corrected chi connectivity index (χ2v) is 6.44. The van der Waals surface area contributed by atoms with E-state index in [4.69, 9.17) is 11.6 Å². The Hall–Kier alpha value is -0.870. The molecule has 0 radical (unpaired) electrons. The van der Waals surface area contributed by atoms with E-state index in [-0.39, 0.29) is 5.92 Å². The number of hydrogen-bond donors (Lipinski definition) is 0. The van der Waals surface area contributed by atoms with E-state index < -0.39 is 0 Å². The summed E-state index contributed by atoms with van der Waals surface area (Å²) >= 11 is 6.05. The van der Waals surface area contributed by atoms with Gasteiger partial charge in [-0.2, -0.15) is 0 Å². The summed E-state index contributed by atoms with van der Waals surface area (Å²) in [5, 5.41) is 0.671. The molecule has 2 unspecified atom stereocenters. The number of aromatic nitrogens is 2. The third-order valence-electron chi connectivity index (χ3n) is 4.85. The highest BCUT2D eigenvalue weighted by Gasteiger charge is 2.37. The van der Waals surface area contributed by atoms with Crippen molar-refractivity contribution in [2.24, 2.45) is 13.0 Å². The smallest absolute Gasteiger partial charge is 0.137 e. The van der Waals surface area contributed by atoms with Gasteiger partial charge in [0.2, 0.25) is 0 Å². The molecule has 0 amide bonds. The van der Waals surface area contributed by atoms with Crippen molar-refractivity contribution >= 4 is 17.4 Å². The van der Waals surface area contributed by atoms with Crippen molar-refractivity contribution in [3.8, 4) is 0 Å². The Morgan fingerprint density at radius 2 is 2.20 bits per heavy atom. The fourth-order valence-electron chi connectivity index (χ4n) is 3.67. The van der Waals surface area contributed by atoms with Gasteiger partial charge in [0.25, 0.3) is 0 Å². The Balaban J connectivity index is 1.72. The summed E-state index contributed by atoms with van der Waals surface area (Å²) in [6.45, 7) is 1.87. The standard InChI is InChI=1S/C15H22ClN3O/c1-18-14(16)9-17-15(18)10-19-8-4-6-12(19)11-5-2-3-7-13(11)20/h9,11-12H,2-8,10H2,1H3. The first-order chi connectivity index (χ1) is 9.66. The maximum absolute atomic E-state index is 12.2. The molecule has 0 spiro atoms. The average molecular weight is 296 g/mol. The molecule has 1 aromatic heterocycles. The fraction of sp³-hybridized carbons (Fsp3) is 0.733. The van der Waals surface area contributed by atoms with Gasteiger partial charge < -0.3 is 4.57 Å². The van der Waals surface area contributed by atoms with E-state index in [1.165, 1.54) is 12.8 Å². The van der Waals surface area contributed by atoms with Crippen molar-refractivity contribution in [3.05, 3.63) is 17.2 Å². The SMILES string of the molecule is Cn1c(Cl)cnc1CN1CCCC1C1CCCCC1=O. The fourth-order valence-corrected chi connectivity index (χ4v) is 3.82. The zero-order chi connectivity index (χ0) is 14.1. The van der Waals surface area contributed by atoms with Crippen LogP contribution in [-0.4, -0.2) is 32.8 Å². The number of rotatable bonds is 3. The zero-order valence-corrected chi connectivity index (χ0v) is 12.8.